The minimum atomic E-state index is 0.357. The van der Waals surface area contributed by atoms with E-state index < -0.39 is 0 Å². The molecule has 0 aromatic heterocycles. The fourth-order valence-electron chi connectivity index (χ4n) is 2.31. The first-order chi connectivity index (χ1) is 7.24. The van der Waals surface area contributed by atoms with Crippen LogP contribution < -0.4 is 0 Å². The maximum atomic E-state index is 11.8. The largest absolute Gasteiger partial charge is 0.346 e. The lowest BCUT2D eigenvalue weighted by molar-refractivity contribution is -0.131. The van der Waals surface area contributed by atoms with E-state index in [1.807, 2.05) is 11.9 Å². The van der Waals surface area contributed by atoms with E-state index in [9.17, 15) is 4.79 Å². The van der Waals surface area contributed by atoms with Crippen molar-refractivity contribution in [2.45, 2.75) is 58.3 Å². The molecule has 15 heavy (non-hydrogen) atoms. The van der Waals surface area contributed by atoms with Crippen molar-refractivity contribution in [1.82, 2.24) is 4.90 Å². The fraction of sp³-hybridized carbons (Fsp3) is 0.923. The van der Waals surface area contributed by atoms with Gasteiger partial charge in [-0.05, 0) is 25.2 Å². The van der Waals surface area contributed by atoms with Crippen molar-refractivity contribution in [3.63, 3.8) is 0 Å². The van der Waals surface area contributed by atoms with Crippen molar-refractivity contribution >= 4 is 5.91 Å². The first kappa shape index (κ1) is 12.5. The van der Waals surface area contributed by atoms with Crippen LogP contribution in [0.15, 0.2) is 0 Å². The third-order valence-corrected chi connectivity index (χ3v) is 3.46. The predicted octanol–water partition coefficient (Wildman–Crippen LogP) is 3.22. The molecular formula is C13H25NO. The molecule has 0 spiro atoms. The molecule has 0 atom stereocenters. The first-order valence-corrected chi connectivity index (χ1v) is 6.48. The maximum absolute atomic E-state index is 11.8. The van der Waals surface area contributed by atoms with Crippen LogP contribution in [-0.2, 0) is 4.79 Å². The van der Waals surface area contributed by atoms with Gasteiger partial charge in [0.1, 0.15) is 0 Å². The molecule has 0 radical (unpaired) electrons. The molecule has 0 saturated heterocycles. The zero-order valence-electron chi connectivity index (χ0n) is 10.3. The van der Waals surface area contributed by atoms with Gasteiger partial charge in [-0.2, -0.15) is 0 Å². The van der Waals surface area contributed by atoms with Crippen molar-refractivity contribution in [2.75, 3.05) is 13.6 Å². The second-order valence-electron chi connectivity index (χ2n) is 4.88. The molecule has 1 fully saturated rings. The molecule has 1 aliphatic carbocycles. The van der Waals surface area contributed by atoms with Crippen LogP contribution in [0.5, 0.6) is 0 Å². The summed E-state index contributed by atoms with van der Waals surface area (Å²) in [6, 6.07) is 0. The van der Waals surface area contributed by atoms with Crippen molar-refractivity contribution < 1.29 is 4.79 Å². The first-order valence-electron chi connectivity index (χ1n) is 6.48. The van der Waals surface area contributed by atoms with Gasteiger partial charge < -0.3 is 4.90 Å². The van der Waals surface area contributed by atoms with Gasteiger partial charge in [0.05, 0.1) is 0 Å². The average molecular weight is 211 g/mol. The molecule has 0 N–H and O–H groups in total. The summed E-state index contributed by atoms with van der Waals surface area (Å²) in [5, 5.41) is 0. The van der Waals surface area contributed by atoms with Crippen LogP contribution in [0.1, 0.15) is 58.3 Å². The molecule has 1 saturated carbocycles. The van der Waals surface area contributed by atoms with E-state index >= 15 is 0 Å². The minimum absolute atomic E-state index is 0.357. The van der Waals surface area contributed by atoms with Crippen molar-refractivity contribution in [3.8, 4) is 0 Å². The Bertz CT molecular complexity index is 185. The standard InChI is InChI=1S/C13H25NO/c1-3-4-10-14(2)13(15)11-12-8-6-5-7-9-12/h12H,3-11H2,1-2H3. The number of carbonyl (C=O) groups is 1. The number of nitrogens with zero attached hydrogens (tertiary/aromatic N) is 1. The Hall–Kier alpha value is -0.530. The third kappa shape index (κ3) is 4.67. The normalized spacial score (nSPS) is 17.7. The van der Waals surface area contributed by atoms with E-state index in [1.165, 1.54) is 38.5 Å². The van der Waals surface area contributed by atoms with Crippen LogP contribution in [0.25, 0.3) is 0 Å². The van der Waals surface area contributed by atoms with Crippen LogP contribution >= 0.6 is 0 Å². The third-order valence-electron chi connectivity index (χ3n) is 3.46. The molecule has 88 valence electrons. The maximum Gasteiger partial charge on any atom is 0.222 e. The summed E-state index contributed by atoms with van der Waals surface area (Å²) in [5.74, 6) is 1.03. The summed E-state index contributed by atoms with van der Waals surface area (Å²) in [4.78, 5) is 13.8. The molecule has 0 heterocycles. The topological polar surface area (TPSA) is 20.3 Å². The van der Waals surface area contributed by atoms with E-state index in [1.54, 1.807) is 0 Å². The van der Waals surface area contributed by atoms with Crippen LogP contribution in [0.2, 0.25) is 0 Å². The van der Waals surface area contributed by atoms with Gasteiger partial charge in [-0.25, -0.2) is 0 Å². The molecule has 0 aliphatic heterocycles. The molecule has 1 amide bonds. The molecular weight excluding hydrogens is 186 g/mol. The smallest absolute Gasteiger partial charge is 0.222 e. The van der Waals surface area contributed by atoms with Gasteiger partial charge in [-0.1, -0.05) is 32.6 Å². The van der Waals surface area contributed by atoms with E-state index in [0.717, 1.165) is 19.4 Å². The highest BCUT2D eigenvalue weighted by Gasteiger charge is 2.18. The SMILES string of the molecule is CCCCN(C)C(=O)CC1CCCCC1. The molecule has 0 aromatic carbocycles. The van der Waals surface area contributed by atoms with Gasteiger partial charge in [0.2, 0.25) is 5.91 Å². The monoisotopic (exact) mass is 211 g/mol. The quantitative estimate of drug-likeness (QED) is 0.683. The van der Waals surface area contributed by atoms with Gasteiger partial charge >= 0.3 is 0 Å². The summed E-state index contributed by atoms with van der Waals surface area (Å²) in [6.07, 6.45) is 9.67. The van der Waals surface area contributed by atoms with Crippen LogP contribution in [0.3, 0.4) is 0 Å². The lowest BCUT2D eigenvalue weighted by Gasteiger charge is -2.24. The lowest BCUT2D eigenvalue weighted by Crippen LogP contribution is -2.29. The Balaban J connectivity index is 2.20. The fourth-order valence-corrected chi connectivity index (χ4v) is 2.31. The van der Waals surface area contributed by atoms with Crippen LogP contribution in [0.4, 0.5) is 0 Å². The number of rotatable bonds is 5. The van der Waals surface area contributed by atoms with Gasteiger partial charge in [0, 0.05) is 20.0 Å². The number of carbonyl (C=O) groups excluding carboxylic acids is 1. The number of amides is 1. The minimum Gasteiger partial charge on any atom is -0.346 e. The van der Waals surface area contributed by atoms with Crippen LogP contribution in [0, 0.1) is 5.92 Å². The summed E-state index contributed by atoms with van der Waals surface area (Å²) in [6.45, 7) is 3.10. The summed E-state index contributed by atoms with van der Waals surface area (Å²) in [5.41, 5.74) is 0. The van der Waals surface area contributed by atoms with Crippen molar-refractivity contribution in [3.05, 3.63) is 0 Å². The Morgan fingerprint density at radius 3 is 2.53 bits per heavy atom. The van der Waals surface area contributed by atoms with Crippen molar-refractivity contribution in [1.29, 1.82) is 0 Å². The highest BCUT2D eigenvalue weighted by molar-refractivity contribution is 5.76. The van der Waals surface area contributed by atoms with Gasteiger partial charge in [0.25, 0.3) is 0 Å². The number of unbranched alkanes of at least 4 members (excludes halogenated alkanes) is 1. The molecule has 2 heteroatoms. The highest BCUT2D eigenvalue weighted by Crippen LogP contribution is 2.26. The second kappa shape index (κ2) is 6.86. The highest BCUT2D eigenvalue weighted by atomic mass is 16.2. The van der Waals surface area contributed by atoms with E-state index in [0.29, 0.717) is 11.8 Å². The van der Waals surface area contributed by atoms with Gasteiger partial charge in [-0.3, -0.25) is 4.79 Å². The Morgan fingerprint density at radius 2 is 1.93 bits per heavy atom. The second-order valence-corrected chi connectivity index (χ2v) is 4.88. The lowest BCUT2D eigenvalue weighted by atomic mass is 9.87. The Morgan fingerprint density at radius 1 is 1.27 bits per heavy atom. The molecule has 1 aliphatic rings. The van der Waals surface area contributed by atoms with Crippen molar-refractivity contribution in [2.24, 2.45) is 5.92 Å². The average Bonchev–Trinajstić information content (AvgIpc) is 2.27. The number of hydrogen-bond donors (Lipinski definition) is 0. The summed E-state index contributed by atoms with van der Waals surface area (Å²) < 4.78 is 0. The molecule has 1 rings (SSSR count). The Kier molecular flexibility index (Phi) is 5.74. The molecule has 2 nitrogen and oxygen atoms in total. The van der Waals surface area contributed by atoms with E-state index in [2.05, 4.69) is 6.92 Å². The predicted molar refractivity (Wildman–Crippen MR) is 63.7 cm³/mol. The van der Waals surface area contributed by atoms with Gasteiger partial charge in [-0.15, -0.1) is 0 Å². The van der Waals surface area contributed by atoms with E-state index in [-0.39, 0.29) is 0 Å². The number of hydrogen-bond acceptors (Lipinski definition) is 1. The zero-order chi connectivity index (χ0) is 11.1. The van der Waals surface area contributed by atoms with Crippen LogP contribution in [-0.4, -0.2) is 24.4 Å². The van der Waals surface area contributed by atoms with E-state index in [4.69, 9.17) is 0 Å². The Labute approximate surface area is 94.0 Å². The summed E-state index contributed by atoms with van der Waals surface area (Å²) in [7, 11) is 1.95. The summed E-state index contributed by atoms with van der Waals surface area (Å²) >= 11 is 0. The van der Waals surface area contributed by atoms with Gasteiger partial charge in [0.15, 0.2) is 0 Å². The molecule has 0 aromatic rings. The zero-order valence-corrected chi connectivity index (χ0v) is 10.3. The molecule has 0 unspecified atom stereocenters. The molecule has 0 bridgehead atoms.